The molecule has 0 radical (unpaired) electrons. The summed E-state index contributed by atoms with van der Waals surface area (Å²) in [5, 5.41) is 22.1. The second kappa shape index (κ2) is 9.70. The van der Waals surface area contributed by atoms with Crippen LogP contribution in [0.2, 0.25) is 0 Å². The standard InChI is InChI=1S/C22H28F3N5O5S2/c1-21(32,22(23,24)25)14-8-26-20(27-9-14)29-5-4-28(37(33,34)19-3-2-6-36-19)10-16(29)11-30-15-7-18(31)17(30)13-35-12-15/h2-3,6,8-9,15-18,31-32H,4-5,7,10-13H2,1H3/t15-,16-,17-,18-,21-/m1/s1. The van der Waals surface area contributed by atoms with E-state index in [1.807, 2.05) is 0 Å². The van der Waals surface area contributed by atoms with E-state index in [0.717, 1.165) is 23.7 Å². The Morgan fingerprint density at radius 3 is 2.57 bits per heavy atom. The molecular weight excluding hydrogens is 535 g/mol. The van der Waals surface area contributed by atoms with Crippen molar-refractivity contribution >= 4 is 27.3 Å². The van der Waals surface area contributed by atoms with Gasteiger partial charge < -0.3 is 19.8 Å². The minimum Gasteiger partial charge on any atom is -0.391 e. The highest BCUT2D eigenvalue weighted by atomic mass is 32.2. The molecule has 2 N–H and O–H groups in total. The maximum absolute atomic E-state index is 13.3. The Hall–Kier alpha value is -1.88. The van der Waals surface area contributed by atoms with E-state index in [0.29, 0.717) is 33.1 Å². The number of sulfonamides is 1. The Kier molecular flexibility index (Phi) is 7.00. The maximum Gasteiger partial charge on any atom is 0.421 e. The molecule has 2 aromatic rings. The van der Waals surface area contributed by atoms with Gasteiger partial charge in [-0.1, -0.05) is 6.07 Å². The number of hydrogen-bond acceptors (Lipinski definition) is 10. The van der Waals surface area contributed by atoms with E-state index in [-0.39, 0.29) is 41.9 Å². The van der Waals surface area contributed by atoms with Crippen LogP contribution in [0.15, 0.2) is 34.1 Å². The van der Waals surface area contributed by atoms with Crippen LogP contribution in [0.5, 0.6) is 0 Å². The average Bonchev–Trinajstić information content (AvgIpc) is 3.44. The van der Waals surface area contributed by atoms with E-state index in [9.17, 15) is 31.8 Å². The van der Waals surface area contributed by atoms with Gasteiger partial charge in [-0.2, -0.15) is 17.5 Å². The van der Waals surface area contributed by atoms with Crippen molar-refractivity contribution in [2.45, 2.75) is 53.6 Å². The van der Waals surface area contributed by atoms with Crippen LogP contribution in [0.1, 0.15) is 18.9 Å². The van der Waals surface area contributed by atoms with E-state index >= 15 is 0 Å². The summed E-state index contributed by atoms with van der Waals surface area (Å²) in [4.78, 5) is 12.2. The second-order valence-corrected chi connectivity index (χ2v) is 12.9. The quantitative estimate of drug-likeness (QED) is 0.531. The van der Waals surface area contributed by atoms with Gasteiger partial charge in [0.25, 0.3) is 10.0 Å². The predicted octanol–water partition coefficient (Wildman–Crippen LogP) is 1.02. The smallest absolute Gasteiger partial charge is 0.391 e. The third-order valence-electron chi connectivity index (χ3n) is 7.42. The molecule has 3 saturated heterocycles. The van der Waals surface area contributed by atoms with Gasteiger partial charge in [-0.15, -0.1) is 11.3 Å². The number of rotatable bonds is 6. The molecule has 3 fully saturated rings. The van der Waals surface area contributed by atoms with Crippen molar-refractivity contribution in [2.75, 3.05) is 44.3 Å². The summed E-state index contributed by atoms with van der Waals surface area (Å²) in [7, 11) is -3.73. The minimum absolute atomic E-state index is 0.0231. The Balaban J connectivity index is 1.43. The van der Waals surface area contributed by atoms with Gasteiger partial charge in [0.2, 0.25) is 5.95 Å². The molecule has 5 heterocycles. The molecular formula is C22H28F3N5O5S2. The van der Waals surface area contributed by atoms with E-state index < -0.39 is 39.5 Å². The summed E-state index contributed by atoms with van der Waals surface area (Å²) in [6.07, 6.45) is -3.02. The third kappa shape index (κ3) is 4.86. The summed E-state index contributed by atoms with van der Waals surface area (Å²) in [5.41, 5.74) is -3.60. The first-order chi connectivity index (χ1) is 17.4. The lowest BCUT2D eigenvalue weighted by Crippen LogP contribution is -2.61. The number of hydrogen-bond donors (Lipinski definition) is 2. The van der Waals surface area contributed by atoms with E-state index in [1.165, 1.54) is 4.31 Å². The monoisotopic (exact) mass is 563 g/mol. The molecule has 0 aliphatic carbocycles. The number of alkyl halides is 3. The Labute approximate surface area is 216 Å². The number of piperazine rings is 1. The van der Waals surface area contributed by atoms with Crippen LogP contribution in [0, 0.1) is 0 Å². The largest absolute Gasteiger partial charge is 0.421 e. The lowest BCUT2D eigenvalue weighted by Gasteiger charge is -2.45. The number of aliphatic hydroxyl groups is 2. The van der Waals surface area contributed by atoms with Crippen molar-refractivity contribution in [1.29, 1.82) is 0 Å². The van der Waals surface area contributed by atoms with E-state index in [1.54, 1.807) is 22.4 Å². The summed E-state index contributed by atoms with van der Waals surface area (Å²) in [6, 6.07) is 2.53. The molecule has 15 heteroatoms. The molecule has 5 atom stereocenters. The molecule has 0 amide bonds. The zero-order valence-electron chi connectivity index (χ0n) is 20.0. The Morgan fingerprint density at radius 1 is 1.22 bits per heavy atom. The lowest BCUT2D eigenvalue weighted by molar-refractivity contribution is -0.259. The highest BCUT2D eigenvalue weighted by Crippen LogP contribution is 2.38. The molecule has 204 valence electrons. The third-order valence-corrected chi connectivity index (χ3v) is 10.7. The van der Waals surface area contributed by atoms with Crippen molar-refractivity contribution in [3.63, 3.8) is 0 Å². The van der Waals surface area contributed by atoms with Crippen molar-refractivity contribution in [3.05, 3.63) is 35.5 Å². The lowest BCUT2D eigenvalue weighted by atomic mass is 9.99. The van der Waals surface area contributed by atoms with Gasteiger partial charge in [0.15, 0.2) is 5.60 Å². The molecule has 0 saturated carbocycles. The van der Waals surface area contributed by atoms with Crippen LogP contribution < -0.4 is 4.90 Å². The molecule has 0 unspecified atom stereocenters. The number of nitrogens with zero attached hydrogens (tertiary/aromatic N) is 5. The number of aliphatic hydroxyl groups excluding tert-OH is 1. The van der Waals surface area contributed by atoms with Crippen molar-refractivity contribution in [1.82, 2.24) is 19.2 Å². The van der Waals surface area contributed by atoms with Crippen molar-refractivity contribution in [3.8, 4) is 0 Å². The number of anilines is 1. The fraction of sp³-hybridized carbons (Fsp3) is 0.636. The molecule has 10 nitrogen and oxygen atoms in total. The number of aromatic nitrogens is 2. The van der Waals surface area contributed by atoms with Crippen LogP contribution in [-0.2, 0) is 20.4 Å². The zero-order chi connectivity index (χ0) is 26.6. The SMILES string of the molecule is C[C@@](O)(c1cnc(N2CCN(S(=O)(=O)c3cccs3)C[C@@H]2CN2[C@H]3COC[C@@H]2[C@H](O)C3)nc1)C(F)(F)F. The first kappa shape index (κ1) is 26.7. The number of ether oxygens (including phenoxy) is 1. The van der Waals surface area contributed by atoms with Gasteiger partial charge in [0.1, 0.15) is 4.21 Å². The average molecular weight is 564 g/mol. The molecule has 0 aromatic carbocycles. The Morgan fingerprint density at radius 2 is 1.95 bits per heavy atom. The normalized spacial score (nSPS) is 29.4. The van der Waals surface area contributed by atoms with Crippen LogP contribution in [0.4, 0.5) is 19.1 Å². The van der Waals surface area contributed by atoms with Crippen LogP contribution in [0.25, 0.3) is 0 Å². The number of thiophene rings is 1. The fourth-order valence-corrected chi connectivity index (χ4v) is 7.79. The van der Waals surface area contributed by atoms with Gasteiger partial charge in [-0.3, -0.25) is 4.90 Å². The summed E-state index contributed by atoms with van der Waals surface area (Å²) in [5.74, 6) is 0.140. The topological polar surface area (TPSA) is 119 Å². The summed E-state index contributed by atoms with van der Waals surface area (Å²) < 4.78 is 73.5. The number of halogens is 3. The predicted molar refractivity (Wildman–Crippen MR) is 128 cm³/mol. The van der Waals surface area contributed by atoms with Crippen molar-refractivity contribution < 1.29 is 36.5 Å². The van der Waals surface area contributed by atoms with Gasteiger partial charge >= 0.3 is 6.18 Å². The molecule has 3 aliphatic heterocycles. The zero-order valence-corrected chi connectivity index (χ0v) is 21.6. The molecule has 2 aromatic heterocycles. The highest BCUT2D eigenvalue weighted by molar-refractivity contribution is 7.91. The number of morpholine rings is 1. The second-order valence-electron chi connectivity index (χ2n) is 9.74. The van der Waals surface area contributed by atoms with Crippen molar-refractivity contribution in [2.24, 2.45) is 0 Å². The summed E-state index contributed by atoms with van der Waals surface area (Å²) in [6.45, 7) is 2.31. The maximum atomic E-state index is 13.3. The molecule has 2 bridgehead atoms. The van der Waals surface area contributed by atoms with Gasteiger partial charge in [-0.25, -0.2) is 18.4 Å². The Bertz CT molecular complexity index is 1200. The van der Waals surface area contributed by atoms with E-state index in [4.69, 9.17) is 4.74 Å². The molecule has 3 aliphatic rings. The highest BCUT2D eigenvalue weighted by Gasteiger charge is 2.52. The summed E-state index contributed by atoms with van der Waals surface area (Å²) >= 11 is 1.13. The molecule has 37 heavy (non-hydrogen) atoms. The molecule has 5 rings (SSSR count). The molecule has 0 spiro atoms. The fourth-order valence-electron chi connectivity index (χ4n) is 5.17. The van der Waals surface area contributed by atoms with Gasteiger partial charge in [-0.05, 0) is 24.8 Å². The minimum atomic E-state index is -4.90. The van der Waals surface area contributed by atoms with Crippen LogP contribution in [-0.4, -0.2) is 108 Å². The van der Waals surface area contributed by atoms with Crippen LogP contribution in [0.3, 0.4) is 0 Å². The first-order valence-electron chi connectivity index (χ1n) is 11.8. The first-order valence-corrected chi connectivity index (χ1v) is 14.1. The number of fused-ring (bicyclic) bond motifs is 2. The van der Waals surface area contributed by atoms with Gasteiger partial charge in [0.05, 0.1) is 31.4 Å². The van der Waals surface area contributed by atoms with E-state index in [2.05, 4.69) is 14.9 Å². The van der Waals surface area contributed by atoms with Crippen LogP contribution >= 0.6 is 11.3 Å². The van der Waals surface area contributed by atoms with Gasteiger partial charge in [0, 0.05) is 50.2 Å².